The number of hydrogen-bond donors (Lipinski definition) is 0. The molecule has 0 spiro atoms. The maximum Gasteiger partial charge on any atom is 0.246 e. The lowest BCUT2D eigenvalue weighted by Crippen LogP contribution is -2.40. The topological polar surface area (TPSA) is 65.3 Å². The van der Waals surface area contributed by atoms with E-state index in [4.69, 9.17) is 9.47 Å². The van der Waals surface area contributed by atoms with Crippen molar-refractivity contribution in [1.82, 2.24) is 20.2 Å². The van der Waals surface area contributed by atoms with Crippen LogP contribution in [0, 0.1) is 0 Å². The zero-order valence-corrected chi connectivity index (χ0v) is 14.0. The van der Waals surface area contributed by atoms with Crippen molar-refractivity contribution in [1.29, 1.82) is 0 Å². The number of anilines is 1. The van der Waals surface area contributed by atoms with Gasteiger partial charge in [0.2, 0.25) is 5.95 Å². The Kier molecular flexibility index (Phi) is 4.34. The number of aromatic nitrogens is 4. The standard InChI is InChI=1S/C17H23N5O2/c1-23-14-8-6-13(7-9-14)12-22-17(18-19-20-22)21-10-2-4-15(21)16-5-3-11-24-16/h6-9,15-16H,2-5,10-12H2,1H3. The Morgan fingerprint density at radius 1 is 1.21 bits per heavy atom. The minimum atomic E-state index is 0.318. The zero-order valence-electron chi connectivity index (χ0n) is 14.0. The third kappa shape index (κ3) is 2.96. The van der Waals surface area contributed by atoms with Gasteiger partial charge in [-0.25, -0.2) is 4.68 Å². The van der Waals surface area contributed by atoms with E-state index in [0.717, 1.165) is 49.7 Å². The number of benzene rings is 1. The molecule has 2 aromatic rings. The van der Waals surface area contributed by atoms with Crippen LogP contribution in [-0.4, -0.2) is 52.6 Å². The molecule has 7 heteroatoms. The van der Waals surface area contributed by atoms with E-state index in [1.807, 2.05) is 28.9 Å². The van der Waals surface area contributed by atoms with E-state index in [1.165, 1.54) is 6.42 Å². The summed E-state index contributed by atoms with van der Waals surface area (Å²) >= 11 is 0. The maximum atomic E-state index is 5.92. The van der Waals surface area contributed by atoms with Crippen LogP contribution >= 0.6 is 0 Å². The third-order valence-corrected chi connectivity index (χ3v) is 4.95. The summed E-state index contributed by atoms with van der Waals surface area (Å²) in [5, 5.41) is 12.4. The summed E-state index contributed by atoms with van der Waals surface area (Å²) in [6, 6.07) is 8.42. The van der Waals surface area contributed by atoms with Crippen LogP contribution in [0.3, 0.4) is 0 Å². The van der Waals surface area contributed by atoms with E-state index in [-0.39, 0.29) is 0 Å². The van der Waals surface area contributed by atoms with E-state index in [2.05, 4.69) is 20.4 Å². The first-order valence-corrected chi connectivity index (χ1v) is 8.62. The molecular formula is C17H23N5O2. The van der Waals surface area contributed by atoms with Gasteiger partial charge in [0.25, 0.3) is 0 Å². The highest BCUT2D eigenvalue weighted by atomic mass is 16.5. The summed E-state index contributed by atoms with van der Waals surface area (Å²) in [5.74, 6) is 1.71. The molecule has 3 heterocycles. The van der Waals surface area contributed by atoms with Gasteiger partial charge in [0, 0.05) is 13.2 Å². The Balaban J connectivity index is 1.52. The molecule has 2 atom stereocenters. The normalized spacial score (nSPS) is 23.8. The highest BCUT2D eigenvalue weighted by molar-refractivity contribution is 5.35. The van der Waals surface area contributed by atoms with E-state index < -0.39 is 0 Å². The average molecular weight is 329 g/mol. The van der Waals surface area contributed by atoms with Gasteiger partial charge in [-0.05, 0) is 53.8 Å². The molecule has 1 aromatic carbocycles. The molecule has 2 fully saturated rings. The van der Waals surface area contributed by atoms with Gasteiger partial charge in [0.1, 0.15) is 5.75 Å². The van der Waals surface area contributed by atoms with E-state index in [0.29, 0.717) is 18.7 Å². The number of tetrazole rings is 1. The minimum absolute atomic E-state index is 0.318. The lowest BCUT2D eigenvalue weighted by molar-refractivity contribution is 0.0904. The zero-order chi connectivity index (χ0) is 16.4. The molecule has 0 saturated carbocycles. The van der Waals surface area contributed by atoms with Crippen LogP contribution in [-0.2, 0) is 11.3 Å². The van der Waals surface area contributed by atoms with Gasteiger partial charge in [-0.15, -0.1) is 0 Å². The first-order valence-electron chi connectivity index (χ1n) is 8.62. The van der Waals surface area contributed by atoms with Gasteiger partial charge >= 0.3 is 0 Å². The Bertz CT molecular complexity index is 666. The summed E-state index contributed by atoms with van der Waals surface area (Å²) in [4.78, 5) is 2.33. The highest BCUT2D eigenvalue weighted by Gasteiger charge is 2.36. The minimum Gasteiger partial charge on any atom is -0.497 e. The number of methoxy groups -OCH3 is 1. The quantitative estimate of drug-likeness (QED) is 0.834. The van der Waals surface area contributed by atoms with Gasteiger partial charge in [-0.3, -0.25) is 0 Å². The van der Waals surface area contributed by atoms with Crippen molar-refractivity contribution in [3.8, 4) is 5.75 Å². The molecule has 2 saturated heterocycles. The Morgan fingerprint density at radius 2 is 2.08 bits per heavy atom. The maximum absolute atomic E-state index is 5.92. The van der Waals surface area contributed by atoms with Crippen LogP contribution in [0.15, 0.2) is 24.3 Å². The second kappa shape index (κ2) is 6.76. The monoisotopic (exact) mass is 329 g/mol. The fourth-order valence-electron chi connectivity index (χ4n) is 3.75. The summed E-state index contributed by atoms with van der Waals surface area (Å²) in [5.41, 5.74) is 1.15. The lowest BCUT2D eigenvalue weighted by Gasteiger charge is -2.29. The largest absolute Gasteiger partial charge is 0.497 e. The molecule has 0 aliphatic carbocycles. The van der Waals surface area contributed by atoms with Crippen LogP contribution in [0.25, 0.3) is 0 Å². The predicted molar refractivity (Wildman–Crippen MR) is 89.3 cm³/mol. The summed E-state index contributed by atoms with van der Waals surface area (Å²) in [7, 11) is 1.67. The van der Waals surface area contributed by atoms with Crippen LogP contribution in [0.5, 0.6) is 5.75 Å². The van der Waals surface area contributed by atoms with Crippen molar-refractivity contribution in [3.05, 3.63) is 29.8 Å². The number of hydrogen-bond acceptors (Lipinski definition) is 6. The molecule has 0 N–H and O–H groups in total. The average Bonchev–Trinajstić information content (AvgIpc) is 3.35. The first kappa shape index (κ1) is 15.4. The van der Waals surface area contributed by atoms with Gasteiger partial charge in [0.05, 0.1) is 25.8 Å². The molecular weight excluding hydrogens is 306 g/mol. The fraction of sp³-hybridized carbons (Fsp3) is 0.588. The van der Waals surface area contributed by atoms with E-state index in [9.17, 15) is 0 Å². The predicted octanol–water partition coefficient (Wildman–Crippen LogP) is 1.88. The van der Waals surface area contributed by atoms with Gasteiger partial charge in [-0.2, -0.15) is 0 Å². The molecule has 0 amide bonds. The molecule has 7 nitrogen and oxygen atoms in total. The number of nitrogens with zero attached hydrogens (tertiary/aromatic N) is 5. The van der Waals surface area contributed by atoms with Crippen molar-refractivity contribution in [2.45, 2.75) is 44.4 Å². The van der Waals surface area contributed by atoms with Crippen molar-refractivity contribution in [2.24, 2.45) is 0 Å². The van der Waals surface area contributed by atoms with Crippen molar-refractivity contribution < 1.29 is 9.47 Å². The van der Waals surface area contributed by atoms with Crippen LogP contribution in [0.4, 0.5) is 5.95 Å². The van der Waals surface area contributed by atoms with Gasteiger partial charge < -0.3 is 14.4 Å². The SMILES string of the molecule is COc1ccc(Cn2nnnc2N2CCCC2C2CCCO2)cc1. The highest BCUT2D eigenvalue weighted by Crippen LogP contribution is 2.30. The smallest absolute Gasteiger partial charge is 0.246 e. The molecule has 128 valence electrons. The van der Waals surface area contributed by atoms with Crippen molar-refractivity contribution in [3.63, 3.8) is 0 Å². The molecule has 0 radical (unpaired) electrons. The molecule has 2 aliphatic heterocycles. The second-order valence-electron chi connectivity index (χ2n) is 6.44. The van der Waals surface area contributed by atoms with Crippen molar-refractivity contribution in [2.75, 3.05) is 25.2 Å². The van der Waals surface area contributed by atoms with Crippen LogP contribution in [0.1, 0.15) is 31.2 Å². The number of ether oxygens (including phenoxy) is 2. The molecule has 24 heavy (non-hydrogen) atoms. The summed E-state index contributed by atoms with van der Waals surface area (Å²) in [6.07, 6.45) is 4.94. The third-order valence-electron chi connectivity index (χ3n) is 4.95. The number of rotatable bonds is 5. The van der Waals surface area contributed by atoms with E-state index >= 15 is 0 Å². The summed E-state index contributed by atoms with van der Waals surface area (Å²) in [6.45, 7) is 2.53. The first-order chi connectivity index (χ1) is 11.8. The van der Waals surface area contributed by atoms with Crippen LogP contribution in [0.2, 0.25) is 0 Å². The Hall–Kier alpha value is -2.15. The van der Waals surface area contributed by atoms with E-state index in [1.54, 1.807) is 7.11 Å². The lowest BCUT2D eigenvalue weighted by atomic mass is 10.1. The Labute approximate surface area is 141 Å². The van der Waals surface area contributed by atoms with Crippen molar-refractivity contribution >= 4 is 5.95 Å². The molecule has 2 unspecified atom stereocenters. The van der Waals surface area contributed by atoms with Crippen LogP contribution < -0.4 is 9.64 Å². The second-order valence-corrected chi connectivity index (χ2v) is 6.44. The van der Waals surface area contributed by atoms with Gasteiger partial charge in [-0.1, -0.05) is 17.2 Å². The molecule has 2 aliphatic rings. The Morgan fingerprint density at radius 3 is 2.83 bits per heavy atom. The summed E-state index contributed by atoms with van der Waals surface area (Å²) < 4.78 is 13.0. The van der Waals surface area contributed by atoms with Gasteiger partial charge in [0.15, 0.2) is 0 Å². The molecule has 4 rings (SSSR count). The molecule has 1 aromatic heterocycles. The fourth-order valence-corrected chi connectivity index (χ4v) is 3.75. The molecule has 0 bridgehead atoms.